The zero-order chi connectivity index (χ0) is 12.0. The second kappa shape index (κ2) is 5.98. The normalized spacial score (nSPS) is 11.6. The molecule has 0 spiro atoms. The number of primary sulfonamides is 1. The Hall–Kier alpha value is -0.910. The smallest absolute Gasteiger partial charge is 0.213 e. The molecule has 1 rings (SSSR count). The summed E-state index contributed by atoms with van der Waals surface area (Å²) in [6, 6.07) is 7.44. The van der Waals surface area contributed by atoms with E-state index in [9.17, 15) is 8.42 Å². The van der Waals surface area contributed by atoms with Gasteiger partial charge in [0.05, 0.1) is 5.75 Å². The van der Waals surface area contributed by atoms with Gasteiger partial charge in [-0.3, -0.25) is 0 Å². The standard InChI is InChI=1S/C11H18N2O2S/c1-2-7-13-8-10-3-5-11(6-4-10)9-16(12,14)15/h3-6,13H,2,7-9H2,1H3,(H2,12,14,15). The highest BCUT2D eigenvalue weighted by molar-refractivity contribution is 7.88. The molecule has 4 nitrogen and oxygen atoms in total. The van der Waals surface area contributed by atoms with Gasteiger partial charge in [-0.15, -0.1) is 0 Å². The van der Waals surface area contributed by atoms with Crippen LogP contribution in [0.1, 0.15) is 24.5 Å². The van der Waals surface area contributed by atoms with Crippen molar-refractivity contribution in [2.45, 2.75) is 25.6 Å². The zero-order valence-corrected chi connectivity index (χ0v) is 10.3. The molecule has 0 atom stereocenters. The average molecular weight is 242 g/mol. The van der Waals surface area contributed by atoms with Crippen LogP contribution < -0.4 is 10.5 Å². The first-order valence-corrected chi connectivity index (χ1v) is 7.02. The van der Waals surface area contributed by atoms with Gasteiger partial charge >= 0.3 is 0 Å². The van der Waals surface area contributed by atoms with E-state index < -0.39 is 10.0 Å². The van der Waals surface area contributed by atoms with Crippen LogP contribution in [0, 0.1) is 0 Å². The van der Waals surface area contributed by atoms with E-state index in [2.05, 4.69) is 12.2 Å². The van der Waals surface area contributed by atoms with Crippen molar-refractivity contribution >= 4 is 10.0 Å². The second-order valence-corrected chi connectivity index (χ2v) is 5.41. The van der Waals surface area contributed by atoms with Crippen LogP contribution in [-0.2, 0) is 22.3 Å². The highest BCUT2D eigenvalue weighted by Crippen LogP contribution is 2.06. The van der Waals surface area contributed by atoms with Crippen LogP contribution in [0.15, 0.2) is 24.3 Å². The summed E-state index contributed by atoms with van der Waals surface area (Å²) in [6.45, 7) is 3.91. The quantitative estimate of drug-likeness (QED) is 0.730. The first-order chi connectivity index (χ1) is 7.51. The lowest BCUT2D eigenvalue weighted by molar-refractivity contribution is 0.597. The maximum atomic E-state index is 10.9. The minimum absolute atomic E-state index is 0.102. The van der Waals surface area contributed by atoms with Crippen molar-refractivity contribution in [3.05, 3.63) is 35.4 Å². The molecule has 0 aromatic heterocycles. The van der Waals surface area contributed by atoms with E-state index in [-0.39, 0.29) is 5.75 Å². The number of sulfonamides is 1. The van der Waals surface area contributed by atoms with Crippen molar-refractivity contribution in [1.82, 2.24) is 5.32 Å². The van der Waals surface area contributed by atoms with Crippen molar-refractivity contribution in [3.8, 4) is 0 Å². The molecule has 1 aromatic carbocycles. The van der Waals surface area contributed by atoms with E-state index >= 15 is 0 Å². The number of benzene rings is 1. The summed E-state index contributed by atoms with van der Waals surface area (Å²) in [6.07, 6.45) is 1.10. The summed E-state index contributed by atoms with van der Waals surface area (Å²) in [5, 5.41) is 8.24. The Morgan fingerprint density at radius 3 is 2.25 bits per heavy atom. The Kier molecular flexibility index (Phi) is 4.92. The van der Waals surface area contributed by atoms with Crippen LogP contribution in [0.3, 0.4) is 0 Å². The fraction of sp³-hybridized carbons (Fsp3) is 0.455. The van der Waals surface area contributed by atoms with Gasteiger partial charge in [-0.25, -0.2) is 13.6 Å². The Labute approximate surface area is 96.9 Å². The van der Waals surface area contributed by atoms with E-state index in [1.165, 1.54) is 0 Å². The minimum atomic E-state index is -3.43. The van der Waals surface area contributed by atoms with E-state index in [0.29, 0.717) is 0 Å². The highest BCUT2D eigenvalue weighted by atomic mass is 32.2. The monoisotopic (exact) mass is 242 g/mol. The summed E-state index contributed by atoms with van der Waals surface area (Å²) in [5.41, 5.74) is 1.87. The Morgan fingerprint density at radius 2 is 1.75 bits per heavy atom. The average Bonchev–Trinajstić information content (AvgIpc) is 2.19. The molecule has 0 amide bonds. The molecule has 0 aliphatic rings. The lowest BCUT2D eigenvalue weighted by Crippen LogP contribution is -2.15. The van der Waals surface area contributed by atoms with Crippen molar-refractivity contribution in [2.24, 2.45) is 5.14 Å². The number of nitrogens with one attached hydrogen (secondary N) is 1. The number of hydrogen-bond donors (Lipinski definition) is 2. The second-order valence-electron chi connectivity index (χ2n) is 3.80. The van der Waals surface area contributed by atoms with E-state index in [4.69, 9.17) is 5.14 Å². The van der Waals surface area contributed by atoms with Gasteiger partial charge in [0.25, 0.3) is 0 Å². The molecule has 1 aromatic rings. The van der Waals surface area contributed by atoms with Gasteiger partial charge in [0, 0.05) is 6.54 Å². The molecule has 90 valence electrons. The first-order valence-electron chi connectivity index (χ1n) is 5.30. The maximum Gasteiger partial charge on any atom is 0.213 e. The fourth-order valence-electron chi connectivity index (χ4n) is 1.40. The zero-order valence-electron chi connectivity index (χ0n) is 9.44. The lowest BCUT2D eigenvalue weighted by atomic mass is 10.1. The molecule has 5 heteroatoms. The van der Waals surface area contributed by atoms with Gasteiger partial charge in [-0.1, -0.05) is 31.2 Å². The summed E-state index contributed by atoms with van der Waals surface area (Å²) in [4.78, 5) is 0. The predicted molar refractivity (Wildman–Crippen MR) is 65.3 cm³/mol. The molecule has 0 aliphatic carbocycles. The van der Waals surface area contributed by atoms with Crippen LogP contribution in [0.2, 0.25) is 0 Å². The van der Waals surface area contributed by atoms with Crippen LogP contribution in [0.4, 0.5) is 0 Å². The molecule has 0 saturated heterocycles. The third kappa shape index (κ3) is 5.25. The molecule has 0 saturated carbocycles. The minimum Gasteiger partial charge on any atom is -0.313 e. The van der Waals surface area contributed by atoms with Crippen LogP contribution in [0.5, 0.6) is 0 Å². The molecule has 0 fully saturated rings. The molecule has 0 unspecified atom stereocenters. The predicted octanol–water partition coefficient (Wildman–Crippen LogP) is 0.975. The summed E-state index contributed by atoms with van der Waals surface area (Å²) < 4.78 is 21.7. The van der Waals surface area contributed by atoms with Crippen molar-refractivity contribution in [3.63, 3.8) is 0 Å². The molecule has 3 N–H and O–H groups in total. The Bertz CT molecular complexity index is 412. The molecular weight excluding hydrogens is 224 g/mol. The van der Waals surface area contributed by atoms with Gasteiger partial charge in [-0.2, -0.15) is 0 Å². The fourth-order valence-corrected chi connectivity index (χ4v) is 2.05. The van der Waals surface area contributed by atoms with E-state index in [1.807, 2.05) is 12.1 Å². The summed E-state index contributed by atoms with van der Waals surface area (Å²) >= 11 is 0. The van der Waals surface area contributed by atoms with Crippen molar-refractivity contribution in [2.75, 3.05) is 6.54 Å². The SMILES string of the molecule is CCCNCc1ccc(CS(N)(=O)=O)cc1. The van der Waals surface area contributed by atoms with Gasteiger partial charge < -0.3 is 5.32 Å². The molecule has 0 aliphatic heterocycles. The third-order valence-corrected chi connectivity index (χ3v) is 2.88. The van der Waals surface area contributed by atoms with Gasteiger partial charge in [0.2, 0.25) is 10.0 Å². The van der Waals surface area contributed by atoms with Crippen molar-refractivity contribution < 1.29 is 8.42 Å². The van der Waals surface area contributed by atoms with Crippen LogP contribution in [0.25, 0.3) is 0 Å². The van der Waals surface area contributed by atoms with Gasteiger partial charge in [0.15, 0.2) is 0 Å². The van der Waals surface area contributed by atoms with Gasteiger partial charge in [-0.05, 0) is 24.1 Å². The van der Waals surface area contributed by atoms with E-state index in [0.717, 1.165) is 30.6 Å². The molecule has 0 radical (unpaired) electrons. The Morgan fingerprint density at radius 1 is 1.19 bits per heavy atom. The number of nitrogens with two attached hydrogens (primary N) is 1. The molecular formula is C11H18N2O2S. The van der Waals surface area contributed by atoms with Crippen LogP contribution >= 0.6 is 0 Å². The molecule has 16 heavy (non-hydrogen) atoms. The highest BCUT2D eigenvalue weighted by Gasteiger charge is 2.04. The third-order valence-electron chi connectivity index (χ3n) is 2.15. The topological polar surface area (TPSA) is 72.2 Å². The number of hydrogen-bond acceptors (Lipinski definition) is 3. The van der Waals surface area contributed by atoms with E-state index in [1.54, 1.807) is 12.1 Å². The molecule has 0 bridgehead atoms. The van der Waals surface area contributed by atoms with Crippen LogP contribution in [-0.4, -0.2) is 15.0 Å². The summed E-state index contributed by atoms with van der Waals surface area (Å²) in [7, 11) is -3.43. The Balaban J connectivity index is 2.54. The van der Waals surface area contributed by atoms with Gasteiger partial charge in [0.1, 0.15) is 0 Å². The largest absolute Gasteiger partial charge is 0.313 e. The first kappa shape index (κ1) is 13.2. The van der Waals surface area contributed by atoms with Crippen molar-refractivity contribution in [1.29, 1.82) is 0 Å². The number of rotatable bonds is 6. The maximum absolute atomic E-state index is 10.9. The lowest BCUT2D eigenvalue weighted by Gasteiger charge is -2.04. The molecule has 0 heterocycles. The summed E-state index contributed by atoms with van der Waals surface area (Å²) in [5.74, 6) is -0.102.